The van der Waals surface area contributed by atoms with Crippen molar-refractivity contribution in [3.8, 4) is 5.75 Å². The SMILES string of the molecule is Cc1cc(COc2ccc(Cl)c3c2[C@@H](CN2CCCC2=O)N(C(=O)C2CCCCC2)CC3)ns1. The molecule has 0 unspecified atom stereocenters. The molecule has 1 aromatic carbocycles. The van der Waals surface area contributed by atoms with Gasteiger partial charge in [0.2, 0.25) is 11.8 Å². The highest BCUT2D eigenvalue weighted by Gasteiger charge is 2.39. The maximum atomic E-state index is 13.7. The molecule has 2 aromatic rings. The van der Waals surface area contributed by atoms with Crippen molar-refractivity contribution >= 4 is 34.9 Å². The molecule has 0 bridgehead atoms. The predicted octanol–water partition coefficient (Wildman–Crippen LogP) is 5.31. The van der Waals surface area contributed by atoms with Crippen LogP contribution in [0.15, 0.2) is 18.2 Å². The van der Waals surface area contributed by atoms with E-state index in [1.807, 2.05) is 34.9 Å². The van der Waals surface area contributed by atoms with Crippen LogP contribution in [0, 0.1) is 12.8 Å². The van der Waals surface area contributed by atoms with E-state index in [-0.39, 0.29) is 23.8 Å². The van der Waals surface area contributed by atoms with Crippen molar-refractivity contribution in [2.75, 3.05) is 19.6 Å². The van der Waals surface area contributed by atoms with E-state index >= 15 is 0 Å². The second-order valence-electron chi connectivity index (χ2n) is 9.73. The molecule has 0 spiro atoms. The second-order valence-corrected chi connectivity index (χ2v) is 11.1. The smallest absolute Gasteiger partial charge is 0.226 e. The van der Waals surface area contributed by atoms with Crippen molar-refractivity contribution in [2.24, 2.45) is 5.92 Å². The summed E-state index contributed by atoms with van der Waals surface area (Å²) >= 11 is 8.14. The van der Waals surface area contributed by atoms with Crippen LogP contribution in [-0.2, 0) is 22.6 Å². The molecule has 3 heterocycles. The van der Waals surface area contributed by atoms with Gasteiger partial charge in [-0.15, -0.1) is 0 Å². The first kappa shape index (κ1) is 23.6. The van der Waals surface area contributed by atoms with E-state index in [0.717, 1.165) is 66.1 Å². The molecule has 3 aliphatic rings. The quantitative estimate of drug-likeness (QED) is 0.538. The topological polar surface area (TPSA) is 62.7 Å². The number of amides is 2. The van der Waals surface area contributed by atoms with Gasteiger partial charge in [-0.1, -0.05) is 30.9 Å². The summed E-state index contributed by atoms with van der Waals surface area (Å²) in [6.45, 7) is 4.26. The van der Waals surface area contributed by atoms with Gasteiger partial charge in [-0.3, -0.25) is 9.59 Å². The highest BCUT2D eigenvalue weighted by Crippen LogP contribution is 2.42. The number of hydrogen-bond donors (Lipinski definition) is 0. The Kier molecular flexibility index (Phi) is 7.11. The van der Waals surface area contributed by atoms with Crippen LogP contribution >= 0.6 is 23.1 Å². The third-order valence-electron chi connectivity index (χ3n) is 7.43. The van der Waals surface area contributed by atoms with Crippen LogP contribution in [0.25, 0.3) is 0 Å². The standard InChI is InChI=1S/C26H32ClN3O3S/c1-17-14-19(28-34-17)16-33-23-10-9-21(27)20-11-13-30(26(32)18-6-3-2-4-7-18)22(25(20)23)15-29-12-5-8-24(29)31/h9-10,14,18,22H,2-8,11-13,15-16H2,1H3/t22-/m1/s1. The van der Waals surface area contributed by atoms with Gasteiger partial charge in [-0.25, -0.2) is 0 Å². The van der Waals surface area contributed by atoms with Crippen molar-refractivity contribution in [3.05, 3.63) is 44.9 Å². The number of aromatic nitrogens is 1. The van der Waals surface area contributed by atoms with Crippen molar-refractivity contribution in [3.63, 3.8) is 0 Å². The maximum absolute atomic E-state index is 13.7. The van der Waals surface area contributed by atoms with Crippen molar-refractivity contribution in [2.45, 2.75) is 70.9 Å². The number of halogens is 1. The van der Waals surface area contributed by atoms with Crippen LogP contribution in [0.3, 0.4) is 0 Å². The Balaban J connectivity index is 1.49. The number of nitrogens with zero attached hydrogens (tertiary/aromatic N) is 3. The lowest BCUT2D eigenvalue weighted by Gasteiger charge is -2.42. The zero-order valence-corrected chi connectivity index (χ0v) is 21.3. The zero-order valence-electron chi connectivity index (χ0n) is 19.7. The average molecular weight is 502 g/mol. The number of aryl methyl sites for hydroxylation is 1. The van der Waals surface area contributed by atoms with E-state index in [4.69, 9.17) is 16.3 Å². The summed E-state index contributed by atoms with van der Waals surface area (Å²) in [7, 11) is 0. The Bertz CT molecular complexity index is 1070. The highest BCUT2D eigenvalue weighted by atomic mass is 35.5. The molecular weight excluding hydrogens is 470 g/mol. The molecular formula is C26H32ClN3O3S. The molecule has 1 saturated carbocycles. The first-order valence-electron chi connectivity index (χ1n) is 12.5. The molecule has 1 aliphatic carbocycles. The summed E-state index contributed by atoms with van der Waals surface area (Å²) < 4.78 is 10.7. The summed E-state index contributed by atoms with van der Waals surface area (Å²) in [6.07, 6.45) is 7.51. The Morgan fingerprint density at radius 2 is 2.00 bits per heavy atom. The number of fused-ring (bicyclic) bond motifs is 1. The highest BCUT2D eigenvalue weighted by molar-refractivity contribution is 7.05. The van der Waals surface area contributed by atoms with Gasteiger partial charge in [0.1, 0.15) is 12.4 Å². The fourth-order valence-corrected chi connectivity index (χ4v) is 6.50. The summed E-state index contributed by atoms with van der Waals surface area (Å²) in [5.74, 6) is 1.21. The lowest BCUT2D eigenvalue weighted by Crippen LogP contribution is -2.48. The normalized spacial score (nSPS) is 21.1. The number of hydrogen-bond acceptors (Lipinski definition) is 5. The average Bonchev–Trinajstić information content (AvgIpc) is 3.46. The Morgan fingerprint density at radius 1 is 1.18 bits per heavy atom. The zero-order chi connectivity index (χ0) is 23.7. The summed E-state index contributed by atoms with van der Waals surface area (Å²) in [5, 5.41) is 0.703. The van der Waals surface area contributed by atoms with Gasteiger partial charge in [0, 0.05) is 47.4 Å². The number of benzene rings is 1. The van der Waals surface area contributed by atoms with Crippen LogP contribution in [0.2, 0.25) is 5.02 Å². The number of carbonyl (C=O) groups excluding carboxylic acids is 2. The minimum Gasteiger partial charge on any atom is -0.487 e. The lowest BCUT2D eigenvalue weighted by atomic mass is 9.85. The fourth-order valence-electron chi connectivity index (χ4n) is 5.69. The second kappa shape index (κ2) is 10.2. The molecule has 1 atom stereocenters. The molecule has 2 aliphatic heterocycles. The molecule has 6 nitrogen and oxygen atoms in total. The van der Waals surface area contributed by atoms with E-state index < -0.39 is 0 Å². The van der Waals surface area contributed by atoms with E-state index in [9.17, 15) is 9.59 Å². The van der Waals surface area contributed by atoms with Gasteiger partial charge in [-0.2, -0.15) is 4.37 Å². The van der Waals surface area contributed by atoms with Gasteiger partial charge >= 0.3 is 0 Å². The molecule has 2 amide bonds. The molecule has 1 aromatic heterocycles. The van der Waals surface area contributed by atoms with E-state index in [0.29, 0.717) is 37.6 Å². The molecule has 1 saturated heterocycles. The number of carbonyl (C=O) groups is 2. The number of ether oxygens (including phenoxy) is 1. The molecule has 5 rings (SSSR count). The van der Waals surface area contributed by atoms with Crippen LogP contribution in [0.4, 0.5) is 0 Å². The van der Waals surface area contributed by atoms with Gasteiger partial charge in [0.25, 0.3) is 0 Å². The van der Waals surface area contributed by atoms with Gasteiger partial charge in [0.15, 0.2) is 0 Å². The third-order valence-corrected chi connectivity index (χ3v) is 8.51. The molecule has 8 heteroatoms. The maximum Gasteiger partial charge on any atom is 0.226 e. The minimum atomic E-state index is -0.244. The van der Waals surface area contributed by atoms with Crippen LogP contribution < -0.4 is 4.74 Å². The van der Waals surface area contributed by atoms with Gasteiger partial charge < -0.3 is 14.5 Å². The van der Waals surface area contributed by atoms with Crippen LogP contribution in [-0.4, -0.2) is 45.6 Å². The molecule has 0 N–H and O–H groups in total. The van der Waals surface area contributed by atoms with E-state index in [2.05, 4.69) is 4.37 Å². The van der Waals surface area contributed by atoms with Crippen molar-refractivity contribution in [1.82, 2.24) is 14.2 Å². The molecule has 182 valence electrons. The van der Waals surface area contributed by atoms with Crippen molar-refractivity contribution in [1.29, 1.82) is 0 Å². The Hall–Kier alpha value is -2.12. The van der Waals surface area contributed by atoms with Gasteiger partial charge in [0.05, 0.1) is 11.7 Å². The number of rotatable bonds is 6. The lowest BCUT2D eigenvalue weighted by molar-refractivity contribution is -0.141. The summed E-state index contributed by atoms with van der Waals surface area (Å²) in [6, 6.07) is 5.59. The first-order valence-corrected chi connectivity index (χ1v) is 13.6. The van der Waals surface area contributed by atoms with E-state index in [1.165, 1.54) is 18.0 Å². The largest absolute Gasteiger partial charge is 0.487 e. The molecule has 2 fully saturated rings. The summed E-state index contributed by atoms with van der Waals surface area (Å²) in [5.41, 5.74) is 2.90. The molecule has 0 radical (unpaired) electrons. The van der Waals surface area contributed by atoms with Crippen LogP contribution in [0.1, 0.15) is 72.7 Å². The monoisotopic (exact) mass is 501 g/mol. The fraction of sp³-hybridized carbons (Fsp3) is 0.577. The minimum absolute atomic E-state index is 0.0774. The molecule has 34 heavy (non-hydrogen) atoms. The predicted molar refractivity (Wildman–Crippen MR) is 133 cm³/mol. The van der Waals surface area contributed by atoms with Crippen LogP contribution in [0.5, 0.6) is 5.75 Å². The Labute approximate surface area is 210 Å². The van der Waals surface area contributed by atoms with Gasteiger partial charge in [-0.05, 0) is 67.9 Å². The van der Waals surface area contributed by atoms with E-state index in [1.54, 1.807) is 0 Å². The first-order chi connectivity index (χ1) is 16.5. The Morgan fingerprint density at radius 3 is 2.71 bits per heavy atom. The third kappa shape index (κ3) is 4.82. The number of likely N-dealkylation sites (tertiary alicyclic amines) is 1. The van der Waals surface area contributed by atoms with Crippen molar-refractivity contribution < 1.29 is 14.3 Å². The summed E-state index contributed by atoms with van der Waals surface area (Å²) in [4.78, 5) is 31.4.